The zero-order valence-corrected chi connectivity index (χ0v) is 10.1. The first kappa shape index (κ1) is 11.6. The number of aromatic carboxylic acids is 1. The van der Waals surface area contributed by atoms with E-state index < -0.39 is 5.97 Å². The van der Waals surface area contributed by atoms with E-state index in [1.165, 1.54) is 0 Å². The van der Waals surface area contributed by atoms with Crippen LogP contribution in [0.25, 0.3) is 0 Å². The van der Waals surface area contributed by atoms with Crippen LogP contribution in [-0.4, -0.2) is 21.0 Å². The number of carboxylic acids is 1. The summed E-state index contributed by atoms with van der Waals surface area (Å²) in [6.45, 7) is 2.00. The Labute approximate surface area is 103 Å². The lowest BCUT2D eigenvalue weighted by molar-refractivity contribution is 0.0690. The van der Waals surface area contributed by atoms with Crippen molar-refractivity contribution in [3.05, 3.63) is 51.6 Å². The SMILES string of the molecule is Cc1ccccc1Cc1[nH]c(=S)[nH]c1C(=O)O. The van der Waals surface area contributed by atoms with Crippen LogP contribution in [0.15, 0.2) is 24.3 Å². The average molecular weight is 248 g/mol. The highest BCUT2D eigenvalue weighted by atomic mass is 32.1. The Morgan fingerprint density at radius 2 is 2.06 bits per heavy atom. The number of imidazole rings is 1. The van der Waals surface area contributed by atoms with Crippen molar-refractivity contribution in [2.24, 2.45) is 0 Å². The first-order valence-electron chi connectivity index (χ1n) is 5.17. The lowest BCUT2D eigenvalue weighted by Gasteiger charge is -2.04. The first-order valence-corrected chi connectivity index (χ1v) is 5.57. The van der Waals surface area contributed by atoms with Crippen LogP contribution < -0.4 is 0 Å². The van der Waals surface area contributed by atoms with Crippen LogP contribution in [0.3, 0.4) is 0 Å². The number of carboxylic acid groups (broad SMARTS) is 1. The summed E-state index contributed by atoms with van der Waals surface area (Å²) in [5, 5.41) is 9.03. The minimum Gasteiger partial charge on any atom is -0.477 e. The van der Waals surface area contributed by atoms with Crippen LogP contribution in [0, 0.1) is 11.7 Å². The standard InChI is InChI=1S/C12H12N2O2S/c1-7-4-2-3-5-8(7)6-9-10(11(15)16)14-12(17)13-9/h2-5H,6H2,1H3,(H,15,16)(H2,13,14,17). The highest BCUT2D eigenvalue weighted by Crippen LogP contribution is 2.14. The summed E-state index contributed by atoms with van der Waals surface area (Å²) in [5.41, 5.74) is 2.96. The minimum absolute atomic E-state index is 0.137. The molecule has 0 saturated heterocycles. The van der Waals surface area contributed by atoms with E-state index in [4.69, 9.17) is 17.3 Å². The molecule has 0 unspecified atom stereocenters. The van der Waals surface area contributed by atoms with Gasteiger partial charge in [-0.05, 0) is 30.3 Å². The highest BCUT2D eigenvalue weighted by molar-refractivity contribution is 7.71. The van der Waals surface area contributed by atoms with Crippen molar-refractivity contribution >= 4 is 18.2 Å². The number of aromatic nitrogens is 2. The molecular formula is C12H12N2O2S. The Morgan fingerprint density at radius 1 is 1.35 bits per heavy atom. The van der Waals surface area contributed by atoms with Gasteiger partial charge >= 0.3 is 5.97 Å². The van der Waals surface area contributed by atoms with Crippen LogP contribution in [0.1, 0.15) is 27.3 Å². The van der Waals surface area contributed by atoms with E-state index in [0.29, 0.717) is 16.9 Å². The monoisotopic (exact) mass is 248 g/mol. The molecule has 5 heteroatoms. The van der Waals surface area contributed by atoms with Crippen molar-refractivity contribution < 1.29 is 9.90 Å². The van der Waals surface area contributed by atoms with Gasteiger partial charge in [-0.25, -0.2) is 4.79 Å². The van der Waals surface area contributed by atoms with Crippen LogP contribution >= 0.6 is 12.2 Å². The Bertz CT molecular complexity index is 613. The van der Waals surface area contributed by atoms with Gasteiger partial charge in [-0.1, -0.05) is 24.3 Å². The quantitative estimate of drug-likeness (QED) is 0.731. The number of hydrogen-bond donors (Lipinski definition) is 3. The van der Waals surface area contributed by atoms with Crippen LogP contribution in [-0.2, 0) is 6.42 Å². The van der Waals surface area contributed by atoms with Gasteiger partial charge in [0.1, 0.15) is 5.69 Å². The van der Waals surface area contributed by atoms with Crippen molar-refractivity contribution in [3.63, 3.8) is 0 Å². The van der Waals surface area contributed by atoms with Gasteiger partial charge in [0.2, 0.25) is 0 Å². The van der Waals surface area contributed by atoms with Crippen molar-refractivity contribution in [1.29, 1.82) is 0 Å². The van der Waals surface area contributed by atoms with Crippen LogP contribution in [0.2, 0.25) is 0 Å². The molecule has 0 fully saturated rings. The lowest BCUT2D eigenvalue weighted by atomic mass is 10.0. The van der Waals surface area contributed by atoms with E-state index >= 15 is 0 Å². The number of rotatable bonds is 3. The van der Waals surface area contributed by atoms with Crippen molar-refractivity contribution in [1.82, 2.24) is 9.97 Å². The molecule has 0 radical (unpaired) electrons. The molecule has 0 aliphatic heterocycles. The van der Waals surface area contributed by atoms with Gasteiger partial charge in [-0.3, -0.25) is 0 Å². The molecule has 0 saturated carbocycles. The van der Waals surface area contributed by atoms with Crippen molar-refractivity contribution in [3.8, 4) is 0 Å². The fourth-order valence-corrected chi connectivity index (χ4v) is 1.96. The summed E-state index contributed by atoms with van der Waals surface area (Å²) in [4.78, 5) is 16.5. The van der Waals surface area contributed by atoms with Crippen molar-refractivity contribution in [2.45, 2.75) is 13.3 Å². The molecular weight excluding hydrogens is 236 g/mol. The maximum absolute atomic E-state index is 11.0. The Kier molecular flexibility index (Phi) is 3.10. The molecule has 0 atom stereocenters. The molecule has 0 aliphatic carbocycles. The fourth-order valence-electron chi connectivity index (χ4n) is 1.73. The summed E-state index contributed by atoms with van der Waals surface area (Å²) >= 11 is 4.91. The number of aromatic amines is 2. The molecule has 1 aromatic carbocycles. The summed E-state index contributed by atoms with van der Waals surface area (Å²) in [5.74, 6) is -0.999. The Hall–Kier alpha value is -1.88. The van der Waals surface area contributed by atoms with Gasteiger partial charge in [0, 0.05) is 6.42 Å². The molecule has 0 bridgehead atoms. The van der Waals surface area contributed by atoms with E-state index in [2.05, 4.69) is 9.97 Å². The number of aryl methyl sites for hydroxylation is 1. The van der Waals surface area contributed by atoms with Crippen LogP contribution in [0.5, 0.6) is 0 Å². The van der Waals surface area contributed by atoms with E-state index in [1.54, 1.807) is 0 Å². The second kappa shape index (κ2) is 4.55. The highest BCUT2D eigenvalue weighted by Gasteiger charge is 2.13. The third-order valence-electron chi connectivity index (χ3n) is 2.65. The van der Waals surface area contributed by atoms with E-state index in [9.17, 15) is 4.79 Å². The summed E-state index contributed by atoms with van der Waals surface area (Å²) in [6, 6.07) is 7.86. The number of nitrogens with one attached hydrogen (secondary N) is 2. The molecule has 0 aliphatic rings. The van der Waals surface area contributed by atoms with Gasteiger partial charge in [-0.15, -0.1) is 0 Å². The summed E-state index contributed by atoms with van der Waals surface area (Å²) in [7, 11) is 0. The predicted molar refractivity (Wildman–Crippen MR) is 66.9 cm³/mol. The molecule has 1 aromatic heterocycles. The molecule has 0 spiro atoms. The molecule has 88 valence electrons. The molecule has 2 aromatic rings. The van der Waals surface area contributed by atoms with Crippen molar-refractivity contribution in [2.75, 3.05) is 0 Å². The molecule has 2 rings (SSSR count). The molecule has 0 amide bonds. The molecule has 3 N–H and O–H groups in total. The minimum atomic E-state index is -0.999. The number of H-pyrrole nitrogens is 2. The van der Waals surface area contributed by atoms with Gasteiger partial charge in [0.25, 0.3) is 0 Å². The zero-order valence-electron chi connectivity index (χ0n) is 9.28. The summed E-state index contributed by atoms with van der Waals surface area (Å²) < 4.78 is 0.339. The third-order valence-corrected chi connectivity index (χ3v) is 2.85. The number of hydrogen-bond acceptors (Lipinski definition) is 2. The summed E-state index contributed by atoms with van der Waals surface area (Å²) in [6.07, 6.45) is 0.529. The van der Waals surface area contributed by atoms with E-state index in [1.807, 2.05) is 31.2 Å². The molecule has 1 heterocycles. The second-order valence-corrected chi connectivity index (χ2v) is 4.25. The lowest BCUT2D eigenvalue weighted by Crippen LogP contribution is -2.03. The van der Waals surface area contributed by atoms with E-state index in [-0.39, 0.29) is 5.69 Å². The maximum Gasteiger partial charge on any atom is 0.354 e. The fraction of sp³-hybridized carbons (Fsp3) is 0.167. The Balaban J connectivity index is 2.40. The third kappa shape index (κ3) is 2.45. The van der Waals surface area contributed by atoms with Crippen LogP contribution in [0.4, 0.5) is 0 Å². The zero-order chi connectivity index (χ0) is 12.4. The molecule has 17 heavy (non-hydrogen) atoms. The largest absolute Gasteiger partial charge is 0.477 e. The maximum atomic E-state index is 11.0. The van der Waals surface area contributed by atoms with E-state index in [0.717, 1.165) is 11.1 Å². The number of carbonyl (C=O) groups is 1. The average Bonchev–Trinajstić information content (AvgIpc) is 2.63. The van der Waals surface area contributed by atoms with Gasteiger partial charge in [-0.2, -0.15) is 0 Å². The predicted octanol–water partition coefficient (Wildman–Crippen LogP) is 2.67. The second-order valence-electron chi connectivity index (χ2n) is 3.84. The van der Waals surface area contributed by atoms with Gasteiger partial charge < -0.3 is 15.1 Å². The normalized spacial score (nSPS) is 10.4. The smallest absolute Gasteiger partial charge is 0.354 e. The topological polar surface area (TPSA) is 68.9 Å². The molecule has 4 nitrogen and oxygen atoms in total. The van der Waals surface area contributed by atoms with Gasteiger partial charge in [0.15, 0.2) is 4.77 Å². The first-order chi connectivity index (χ1) is 8.08. The number of benzene rings is 1. The Morgan fingerprint density at radius 3 is 2.71 bits per heavy atom. The van der Waals surface area contributed by atoms with Gasteiger partial charge in [0.05, 0.1) is 5.69 Å².